The normalized spacial score (nSPS) is 10.9. The summed E-state index contributed by atoms with van der Waals surface area (Å²) in [5, 5.41) is 0.866. The molecule has 2 N–H and O–H groups in total. The number of nitrogens with two attached hydrogens (primary N) is 1. The molecule has 5 heteroatoms. The summed E-state index contributed by atoms with van der Waals surface area (Å²) in [5.41, 5.74) is 10.7. The van der Waals surface area contributed by atoms with Gasteiger partial charge in [0, 0.05) is 11.1 Å². The minimum Gasteiger partial charge on any atom is -0.457 e. The van der Waals surface area contributed by atoms with Crippen molar-refractivity contribution in [3.8, 4) is 0 Å². The van der Waals surface area contributed by atoms with Crippen molar-refractivity contribution in [1.29, 1.82) is 0 Å². The van der Waals surface area contributed by atoms with Gasteiger partial charge in [-0.15, -0.1) is 11.3 Å². The summed E-state index contributed by atoms with van der Waals surface area (Å²) in [6.07, 6.45) is 0. The number of aromatic nitrogens is 1. The zero-order valence-electron chi connectivity index (χ0n) is 13.3. The van der Waals surface area contributed by atoms with Crippen LogP contribution in [0.5, 0.6) is 0 Å². The Kier molecular flexibility index (Phi) is 4.05. The van der Waals surface area contributed by atoms with Crippen LogP contribution in [0.2, 0.25) is 0 Å². The first-order chi connectivity index (χ1) is 11.0. The lowest BCUT2D eigenvalue weighted by atomic mass is 10.1. The van der Waals surface area contributed by atoms with Gasteiger partial charge in [-0.05, 0) is 37.5 Å². The number of esters is 1. The highest BCUT2D eigenvalue weighted by atomic mass is 32.1. The second-order valence-corrected chi connectivity index (χ2v) is 6.53. The van der Waals surface area contributed by atoms with Crippen molar-refractivity contribution in [1.82, 2.24) is 4.98 Å². The smallest absolute Gasteiger partial charge is 0.350 e. The molecule has 0 bridgehead atoms. The molecule has 3 rings (SSSR count). The van der Waals surface area contributed by atoms with E-state index >= 15 is 0 Å². The van der Waals surface area contributed by atoms with E-state index in [1.807, 2.05) is 51.1 Å². The van der Waals surface area contributed by atoms with E-state index < -0.39 is 5.97 Å². The monoisotopic (exact) mass is 326 g/mol. The number of hydrogen-bond acceptors (Lipinski definition) is 5. The van der Waals surface area contributed by atoms with Gasteiger partial charge in [0.2, 0.25) is 0 Å². The van der Waals surface area contributed by atoms with Crippen LogP contribution in [-0.2, 0) is 11.3 Å². The maximum atomic E-state index is 12.4. The Labute approximate surface area is 138 Å². The highest BCUT2D eigenvalue weighted by Gasteiger charge is 2.21. The van der Waals surface area contributed by atoms with Gasteiger partial charge in [-0.3, -0.25) is 0 Å². The SMILES string of the molecule is Cc1nc2sc(C(=O)OCc3ccccc3)c(N)c2c(C)c1C. The number of ether oxygens (including phenoxy) is 1. The van der Waals surface area contributed by atoms with E-state index in [2.05, 4.69) is 4.98 Å². The first-order valence-corrected chi connectivity index (χ1v) is 8.17. The van der Waals surface area contributed by atoms with Crippen LogP contribution >= 0.6 is 11.3 Å². The number of hydrogen-bond donors (Lipinski definition) is 1. The first-order valence-electron chi connectivity index (χ1n) is 7.36. The molecule has 0 atom stereocenters. The third-order valence-electron chi connectivity index (χ3n) is 4.07. The fourth-order valence-corrected chi connectivity index (χ4v) is 3.60. The standard InChI is InChI=1S/C18H18N2O2S/c1-10-11(2)14-15(19)16(23-17(14)20-12(10)3)18(21)22-9-13-7-5-4-6-8-13/h4-8H,9,19H2,1-3H3. The van der Waals surface area contributed by atoms with Gasteiger partial charge in [-0.25, -0.2) is 9.78 Å². The Hall–Kier alpha value is -2.40. The second kappa shape index (κ2) is 6.01. The van der Waals surface area contributed by atoms with Crippen molar-refractivity contribution in [3.05, 3.63) is 57.6 Å². The molecule has 0 saturated carbocycles. The summed E-state index contributed by atoms with van der Waals surface area (Å²) >= 11 is 1.29. The number of anilines is 1. The number of pyridine rings is 1. The summed E-state index contributed by atoms with van der Waals surface area (Å²) in [6, 6.07) is 9.58. The summed E-state index contributed by atoms with van der Waals surface area (Å²) in [7, 11) is 0. The maximum absolute atomic E-state index is 12.4. The van der Waals surface area contributed by atoms with Crippen LogP contribution in [0, 0.1) is 20.8 Å². The fourth-order valence-electron chi connectivity index (χ4n) is 2.51. The Morgan fingerprint density at radius 1 is 1.17 bits per heavy atom. The number of carbonyl (C=O) groups excluding carboxylic acids is 1. The van der Waals surface area contributed by atoms with Crippen molar-refractivity contribution in [2.75, 3.05) is 5.73 Å². The van der Waals surface area contributed by atoms with Crippen LogP contribution in [0.1, 0.15) is 32.1 Å². The van der Waals surface area contributed by atoms with Crippen LogP contribution in [0.4, 0.5) is 5.69 Å². The predicted octanol–water partition coefficient (Wildman–Crippen LogP) is 4.16. The van der Waals surface area contributed by atoms with Gasteiger partial charge in [-0.1, -0.05) is 30.3 Å². The lowest BCUT2D eigenvalue weighted by molar-refractivity contribution is 0.0480. The van der Waals surface area contributed by atoms with Gasteiger partial charge in [0.05, 0.1) is 5.69 Å². The zero-order chi connectivity index (χ0) is 16.6. The predicted molar refractivity (Wildman–Crippen MR) is 93.8 cm³/mol. The van der Waals surface area contributed by atoms with E-state index in [1.165, 1.54) is 11.3 Å². The Morgan fingerprint density at radius 3 is 2.57 bits per heavy atom. The molecule has 0 aliphatic carbocycles. The molecule has 0 amide bonds. The highest BCUT2D eigenvalue weighted by molar-refractivity contribution is 7.21. The second-order valence-electron chi connectivity index (χ2n) is 5.53. The van der Waals surface area contributed by atoms with Crippen molar-refractivity contribution in [3.63, 3.8) is 0 Å². The molecular formula is C18H18N2O2S. The molecule has 3 aromatic rings. The Balaban J connectivity index is 1.92. The molecule has 0 aliphatic heterocycles. The van der Waals surface area contributed by atoms with Gasteiger partial charge in [-0.2, -0.15) is 0 Å². The summed E-state index contributed by atoms with van der Waals surface area (Å²) < 4.78 is 5.39. The number of fused-ring (bicyclic) bond motifs is 1. The molecule has 4 nitrogen and oxygen atoms in total. The van der Waals surface area contributed by atoms with Crippen LogP contribution < -0.4 is 5.73 Å². The van der Waals surface area contributed by atoms with Gasteiger partial charge in [0.1, 0.15) is 16.3 Å². The molecule has 1 aromatic carbocycles. The third-order valence-corrected chi connectivity index (χ3v) is 5.15. The van der Waals surface area contributed by atoms with E-state index in [1.54, 1.807) is 0 Å². The molecule has 0 unspecified atom stereocenters. The average molecular weight is 326 g/mol. The molecule has 23 heavy (non-hydrogen) atoms. The molecule has 0 aliphatic rings. The molecule has 118 valence electrons. The molecule has 0 radical (unpaired) electrons. The number of nitrogen functional groups attached to an aromatic ring is 1. The largest absolute Gasteiger partial charge is 0.457 e. The van der Waals surface area contributed by atoms with Crippen LogP contribution in [0.25, 0.3) is 10.2 Å². The van der Waals surface area contributed by atoms with Crippen molar-refractivity contribution < 1.29 is 9.53 Å². The van der Waals surface area contributed by atoms with Crippen LogP contribution in [0.3, 0.4) is 0 Å². The van der Waals surface area contributed by atoms with Gasteiger partial charge >= 0.3 is 5.97 Å². The highest BCUT2D eigenvalue weighted by Crippen LogP contribution is 2.36. The molecule has 0 spiro atoms. The number of rotatable bonds is 3. The number of carbonyl (C=O) groups is 1. The number of nitrogens with zero attached hydrogens (tertiary/aromatic N) is 1. The Bertz CT molecular complexity index is 885. The number of aryl methyl sites for hydroxylation is 2. The summed E-state index contributed by atoms with van der Waals surface area (Å²) in [6.45, 7) is 6.22. The van der Waals surface area contributed by atoms with E-state index in [-0.39, 0.29) is 6.61 Å². The number of benzene rings is 1. The number of thiophene rings is 1. The van der Waals surface area contributed by atoms with Gasteiger partial charge < -0.3 is 10.5 Å². The molecule has 2 aromatic heterocycles. The molecule has 2 heterocycles. The van der Waals surface area contributed by atoms with E-state index in [4.69, 9.17) is 10.5 Å². The zero-order valence-corrected chi connectivity index (χ0v) is 14.2. The van der Waals surface area contributed by atoms with Crippen molar-refractivity contribution in [2.24, 2.45) is 0 Å². The first kappa shape index (κ1) is 15.5. The molecular weight excluding hydrogens is 308 g/mol. The van der Waals surface area contributed by atoms with E-state index in [9.17, 15) is 4.79 Å². The maximum Gasteiger partial charge on any atom is 0.350 e. The molecule has 0 fully saturated rings. The van der Waals surface area contributed by atoms with Gasteiger partial charge in [0.25, 0.3) is 0 Å². The summed E-state index contributed by atoms with van der Waals surface area (Å²) in [5.74, 6) is -0.399. The Morgan fingerprint density at radius 2 is 1.87 bits per heavy atom. The average Bonchev–Trinajstić information content (AvgIpc) is 2.88. The van der Waals surface area contributed by atoms with Crippen molar-refractivity contribution >= 4 is 33.2 Å². The minimum atomic E-state index is -0.399. The van der Waals surface area contributed by atoms with Gasteiger partial charge in [0.15, 0.2) is 0 Å². The topological polar surface area (TPSA) is 65.2 Å². The van der Waals surface area contributed by atoms with E-state index in [0.29, 0.717) is 10.6 Å². The lowest BCUT2D eigenvalue weighted by Gasteiger charge is -2.06. The van der Waals surface area contributed by atoms with Crippen LogP contribution in [0.15, 0.2) is 30.3 Å². The third kappa shape index (κ3) is 2.80. The van der Waals surface area contributed by atoms with Crippen molar-refractivity contribution in [2.45, 2.75) is 27.4 Å². The molecule has 0 saturated heterocycles. The summed E-state index contributed by atoms with van der Waals surface area (Å²) in [4.78, 5) is 18.1. The minimum absolute atomic E-state index is 0.234. The quantitative estimate of drug-likeness (QED) is 0.734. The fraction of sp³-hybridized carbons (Fsp3) is 0.222. The van der Waals surface area contributed by atoms with E-state index in [0.717, 1.165) is 32.6 Å². The lowest BCUT2D eigenvalue weighted by Crippen LogP contribution is -2.05. The van der Waals surface area contributed by atoms with Crippen LogP contribution in [-0.4, -0.2) is 11.0 Å².